The van der Waals surface area contributed by atoms with Gasteiger partial charge in [0.2, 0.25) is 0 Å². The lowest BCUT2D eigenvalue weighted by atomic mass is 9.97. The maximum atomic E-state index is 12.8. The van der Waals surface area contributed by atoms with Crippen LogP contribution in [0.25, 0.3) is 11.1 Å². The molecule has 0 spiro atoms. The number of carbonyl (C=O) groups is 1. The number of carbonyl (C=O) groups excluding carboxylic acids is 1. The maximum Gasteiger partial charge on any atom is 0.196 e. The van der Waals surface area contributed by atoms with Gasteiger partial charge < -0.3 is 10.5 Å². The zero-order valence-corrected chi connectivity index (χ0v) is 13.9. The predicted molar refractivity (Wildman–Crippen MR) is 95.6 cm³/mol. The fraction of sp³-hybridized carbons (Fsp3) is 0.0556. The Balaban J connectivity index is 2.04. The van der Waals surface area contributed by atoms with Crippen LogP contribution in [-0.2, 0) is 0 Å². The fourth-order valence-corrected chi connectivity index (χ4v) is 3.28. The van der Waals surface area contributed by atoms with E-state index in [1.807, 2.05) is 29.6 Å². The summed E-state index contributed by atoms with van der Waals surface area (Å²) < 4.78 is 5.17. The highest BCUT2D eigenvalue weighted by Gasteiger charge is 2.20. The molecule has 0 amide bonds. The molecule has 0 saturated carbocycles. The number of hydrogen-bond donors (Lipinski definition) is 1. The molecular formula is C18H14ClNO2S. The second-order valence-corrected chi connectivity index (χ2v) is 6.30. The molecule has 0 atom stereocenters. The molecule has 2 aromatic carbocycles. The molecule has 3 aromatic rings. The molecule has 3 rings (SSSR count). The molecular weight excluding hydrogens is 330 g/mol. The third kappa shape index (κ3) is 3.09. The van der Waals surface area contributed by atoms with Gasteiger partial charge in [-0.1, -0.05) is 23.7 Å². The lowest BCUT2D eigenvalue weighted by Gasteiger charge is -2.07. The summed E-state index contributed by atoms with van der Waals surface area (Å²) in [6, 6.07) is 14.4. The third-order valence-corrected chi connectivity index (χ3v) is 4.62. The van der Waals surface area contributed by atoms with Crippen molar-refractivity contribution in [3.05, 3.63) is 70.1 Å². The topological polar surface area (TPSA) is 52.3 Å². The van der Waals surface area contributed by atoms with Crippen LogP contribution in [0.2, 0.25) is 5.02 Å². The molecule has 0 saturated heterocycles. The second kappa shape index (κ2) is 6.44. The van der Waals surface area contributed by atoms with Crippen molar-refractivity contribution in [2.75, 3.05) is 12.8 Å². The Morgan fingerprint density at radius 1 is 1.09 bits per heavy atom. The fourth-order valence-electron chi connectivity index (χ4n) is 2.34. The average molecular weight is 344 g/mol. The van der Waals surface area contributed by atoms with E-state index in [-0.39, 0.29) is 5.78 Å². The predicted octanol–water partition coefficient (Wildman–Crippen LogP) is 4.89. The van der Waals surface area contributed by atoms with Crippen LogP contribution >= 0.6 is 22.9 Å². The molecule has 0 aliphatic rings. The Hall–Kier alpha value is -2.30. The molecule has 0 radical (unpaired) electrons. The highest BCUT2D eigenvalue weighted by Crippen LogP contribution is 2.36. The summed E-state index contributed by atoms with van der Waals surface area (Å²) in [7, 11) is 1.62. The lowest BCUT2D eigenvalue weighted by molar-refractivity contribution is 0.104. The molecule has 23 heavy (non-hydrogen) atoms. The van der Waals surface area contributed by atoms with Crippen molar-refractivity contribution >= 4 is 33.7 Å². The standard InChI is InChI=1S/C18H14ClNO2S/c1-22-14-8-4-11(5-9-14)15-10-23-18(20)16(15)17(21)12-2-6-13(19)7-3-12/h2-10H,20H2,1H3. The van der Waals surface area contributed by atoms with Gasteiger partial charge in [0.15, 0.2) is 5.78 Å². The van der Waals surface area contributed by atoms with Crippen LogP contribution in [0.5, 0.6) is 5.75 Å². The van der Waals surface area contributed by atoms with E-state index in [2.05, 4.69) is 0 Å². The first kappa shape index (κ1) is 15.6. The summed E-state index contributed by atoms with van der Waals surface area (Å²) in [6.45, 7) is 0. The van der Waals surface area contributed by atoms with Crippen LogP contribution in [0, 0.1) is 0 Å². The van der Waals surface area contributed by atoms with E-state index in [9.17, 15) is 4.79 Å². The Kier molecular flexibility index (Phi) is 4.37. The molecule has 0 unspecified atom stereocenters. The minimum atomic E-state index is -0.105. The van der Waals surface area contributed by atoms with Crippen molar-refractivity contribution in [1.82, 2.24) is 0 Å². The van der Waals surface area contributed by atoms with Gasteiger partial charge in [0, 0.05) is 21.5 Å². The summed E-state index contributed by atoms with van der Waals surface area (Å²) in [4.78, 5) is 12.8. The van der Waals surface area contributed by atoms with Gasteiger partial charge in [0.05, 0.1) is 17.7 Å². The number of rotatable bonds is 4. The summed E-state index contributed by atoms with van der Waals surface area (Å²) >= 11 is 7.24. The molecule has 5 heteroatoms. The SMILES string of the molecule is COc1ccc(-c2csc(N)c2C(=O)c2ccc(Cl)cc2)cc1. The monoisotopic (exact) mass is 343 g/mol. The van der Waals surface area contributed by atoms with E-state index >= 15 is 0 Å². The van der Waals surface area contributed by atoms with Gasteiger partial charge in [-0.3, -0.25) is 4.79 Å². The number of methoxy groups -OCH3 is 1. The van der Waals surface area contributed by atoms with Crippen LogP contribution in [-0.4, -0.2) is 12.9 Å². The van der Waals surface area contributed by atoms with Gasteiger partial charge in [-0.15, -0.1) is 11.3 Å². The Bertz CT molecular complexity index is 838. The van der Waals surface area contributed by atoms with Crippen molar-refractivity contribution in [2.45, 2.75) is 0 Å². The van der Waals surface area contributed by atoms with E-state index < -0.39 is 0 Å². The second-order valence-electron chi connectivity index (χ2n) is 4.95. The number of anilines is 1. The van der Waals surface area contributed by atoms with Gasteiger partial charge in [0.1, 0.15) is 5.75 Å². The number of nitrogen functional groups attached to an aromatic ring is 1. The molecule has 0 fully saturated rings. The Morgan fingerprint density at radius 2 is 1.74 bits per heavy atom. The quantitative estimate of drug-likeness (QED) is 0.686. The average Bonchev–Trinajstić information content (AvgIpc) is 2.96. The van der Waals surface area contributed by atoms with Crippen LogP contribution in [0.4, 0.5) is 5.00 Å². The molecule has 0 aliphatic carbocycles. The minimum Gasteiger partial charge on any atom is -0.497 e. The lowest BCUT2D eigenvalue weighted by Crippen LogP contribution is -2.04. The van der Waals surface area contributed by atoms with Crippen LogP contribution in [0.3, 0.4) is 0 Å². The van der Waals surface area contributed by atoms with E-state index in [0.717, 1.165) is 16.9 Å². The molecule has 2 N–H and O–H groups in total. The molecule has 1 aromatic heterocycles. The largest absolute Gasteiger partial charge is 0.497 e. The van der Waals surface area contributed by atoms with Gasteiger partial charge >= 0.3 is 0 Å². The molecule has 3 nitrogen and oxygen atoms in total. The number of ether oxygens (including phenoxy) is 1. The van der Waals surface area contributed by atoms with Crippen LogP contribution < -0.4 is 10.5 Å². The first-order valence-corrected chi connectivity index (χ1v) is 8.17. The number of ketones is 1. The van der Waals surface area contributed by atoms with E-state index in [1.165, 1.54) is 11.3 Å². The van der Waals surface area contributed by atoms with Crippen LogP contribution in [0.1, 0.15) is 15.9 Å². The number of thiophene rings is 1. The normalized spacial score (nSPS) is 10.5. The maximum absolute atomic E-state index is 12.8. The first-order valence-electron chi connectivity index (χ1n) is 6.92. The van der Waals surface area contributed by atoms with Crippen molar-refractivity contribution in [2.24, 2.45) is 0 Å². The third-order valence-electron chi connectivity index (χ3n) is 3.55. The van der Waals surface area contributed by atoms with Gasteiger partial charge in [-0.2, -0.15) is 0 Å². The highest BCUT2D eigenvalue weighted by molar-refractivity contribution is 7.15. The Morgan fingerprint density at radius 3 is 2.35 bits per heavy atom. The molecule has 116 valence electrons. The minimum absolute atomic E-state index is 0.105. The van der Waals surface area contributed by atoms with Crippen molar-refractivity contribution in [3.63, 3.8) is 0 Å². The number of nitrogens with two attached hydrogens (primary N) is 1. The van der Waals surface area contributed by atoms with Crippen molar-refractivity contribution < 1.29 is 9.53 Å². The zero-order valence-electron chi connectivity index (χ0n) is 12.4. The van der Waals surface area contributed by atoms with Crippen LogP contribution in [0.15, 0.2) is 53.9 Å². The Labute approximate surface area is 143 Å². The van der Waals surface area contributed by atoms with Crippen molar-refractivity contribution in [3.8, 4) is 16.9 Å². The summed E-state index contributed by atoms with van der Waals surface area (Å²) in [5.41, 5.74) is 8.90. The first-order chi connectivity index (χ1) is 11.1. The number of halogens is 1. The van der Waals surface area contributed by atoms with Gasteiger partial charge in [-0.25, -0.2) is 0 Å². The van der Waals surface area contributed by atoms with Gasteiger partial charge in [0.25, 0.3) is 0 Å². The molecule has 1 heterocycles. The molecule has 0 bridgehead atoms. The van der Waals surface area contributed by atoms with E-state index in [1.54, 1.807) is 31.4 Å². The van der Waals surface area contributed by atoms with E-state index in [4.69, 9.17) is 22.1 Å². The highest BCUT2D eigenvalue weighted by atomic mass is 35.5. The van der Waals surface area contributed by atoms with E-state index in [0.29, 0.717) is 21.2 Å². The summed E-state index contributed by atoms with van der Waals surface area (Å²) in [5, 5.41) is 3.01. The number of hydrogen-bond acceptors (Lipinski definition) is 4. The summed E-state index contributed by atoms with van der Waals surface area (Å²) in [5.74, 6) is 0.661. The van der Waals surface area contributed by atoms with Crippen molar-refractivity contribution in [1.29, 1.82) is 0 Å². The van der Waals surface area contributed by atoms with Gasteiger partial charge in [-0.05, 0) is 42.0 Å². The number of benzene rings is 2. The zero-order chi connectivity index (χ0) is 16.4. The smallest absolute Gasteiger partial charge is 0.196 e. The summed E-state index contributed by atoms with van der Waals surface area (Å²) in [6.07, 6.45) is 0. The molecule has 0 aliphatic heterocycles.